The molecule has 1 amide bonds. The van der Waals surface area contributed by atoms with Crippen LogP contribution >= 0.6 is 0 Å². The summed E-state index contributed by atoms with van der Waals surface area (Å²) in [5, 5.41) is 7.49. The van der Waals surface area contributed by atoms with E-state index >= 15 is 0 Å². The van der Waals surface area contributed by atoms with Crippen molar-refractivity contribution in [1.82, 2.24) is 11.6 Å². The molecule has 7 heavy (non-hydrogen) atoms. The molecular weight excluding hydrogens is 102 g/mol. The molecular formula is CH9N3O3. The van der Waals surface area contributed by atoms with Crippen molar-refractivity contribution >= 4 is 6.09 Å². The minimum absolute atomic E-state index is 0. The largest absolute Gasteiger partial charge is 0.464 e. The van der Waals surface area contributed by atoms with Crippen molar-refractivity contribution in [2.24, 2.45) is 5.84 Å². The number of amides is 1. The molecule has 0 bridgehead atoms. The van der Waals surface area contributed by atoms with Gasteiger partial charge in [-0.25, -0.2) is 10.6 Å². The molecule has 0 aliphatic rings. The number of carbonyl (C=O) groups is 1. The molecule has 0 aromatic carbocycles. The molecule has 0 aliphatic heterocycles. The van der Waals surface area contributed by atoms with Crippen LogP contribution in [0, 0.1) is 0 Å². The van der Waals surface area contributed by atoms with Crippen LogP contribution in [0.2, 0.25) is 0 Å². The van der Waals surface area contributed by atoms with E-state index in [1.807, 2.05) is 0 Å². The average molecular weight is 111 g/mol. The van der Waals surface area contributed by atoms with Gasteiger partial charge in [-0.3, -0.25) is 5.43 Å². The maximum atomic E-state index is 9.13. The Bertz CT molecular complexity index is 45.4. The molecule has 6 nitrogen and oxygen atoms in total. The summed E-state index contributed by atoms with van der Waals surface area (Å²) in [4.78, 5) is 9.13. The van der Waals surface area contributed by atoms with Crippen molar-refractivity contribution in [3.63, 3.8) is 0 Å². The first-order valence-electron chi connectivity index (χ1n) is 0.966. The van der Waals surface area contributed by atoms with Crippen LogP contribution in [0.5, 0.6) is 0 Å². The summed E-state index contributed by atoms with van der Waals surface area (Å²) >= 11 is 0. The van der Waals surface area contributed by atoms with Gasteiger partial charge in [0.15, 0.2) is 0 Å². The van der Waals surface area contributed by atoms with Gasteiger partial charge in [-0.15, -0.1) is 0 Å². The van der Waals surface area contributed by atoms with Gasteiger partial charge in [0, 0.05) is 0 Å². The van der Waals surface area contributed by atoms with E-state index in [-0.39, 0.29) is 11.6 Å². The topological polar surface area (TPSA) is 142 Å². The number of hydrogen-bond donors (Lipinski definition) is 4. The van der Waals surface area contributed by atoms with Crippen LogP contribution in [0.15, 0.2) is 0 Å². The van der Waals surface area contributed by atoms with Crippen LogP contribution in [0.3, 0.4) is 0 Å². The lowest BCUT2D eigenvalue weighted by Gasteiger charge is -1.79. The van der Waals surface area contributed by atoms with Gasteiger partial charge >= 0.3 is 6.09 Å². The van der Waals surface area contributed by atoms with Gasteiger partial charge in [0.2, 0.25) is 0 Å². The quantitative estimate of drug-likeness (QED) is 0.171. The summed E-state index contributed by atoms with van der Waals surface area (Å²) in [5.74, 6) is 4.32. The molecule has 0 saturated carbocycles. The summed E-state index contributed by atoms with van der Waals surface area (Å²) in [6.07, 6.45) is -1.22. The van der Waals surface area contributed by atoms with Crippen LogP contribution in [0.25, 0.3) is 0 Å². The van der Waals surface area contributed by atoms with E-state index in [1.54, 1.807) is 0 Å². The van der Waals surface area contributed by atoms with Gasteiger partial charge < -0.3 is 16.7 Å². The normalized spacial score (nSPS) is 4.71. The number of nitrogens with two attached hydrogens (primary N) is 1. The lowest BCUT2D eigenvalue weighted by atomic mass is 11.3. The van der Waals surface area contributed by atoms with Gasteiger partial charge in [0.25, 0.3) is 0 Å². The first kappa shape index (κ1) is 16.4. The third kappa shape index (κ3) is 38.6. The molecule has 9 N–H and O–H groups in total. The van der Waals surface area contributed by atoms with E-state index in [4.69, 9.17) is 9.90 Å². The standard InChI is InChI=1S/CH4N2O2.H3N.H2O/c2-3-1(4)5;;/h3H,2H2,(H,4,5);1H3;1H2. The first-order valence-corrected chi connectivity index (χ1v) is 0.966. The maximum Gasteiger partial charge on any atom is 0.418 e. The highest BCUT2D eigenvalue weighted by Gasteiger charge is 1.77. The average Bonchev–Trinajstić information content (AvgIpc) is 1.38. The Balaban J connectivity index is -0.0000000800. The summed E-state index contributed by atoms with van der Waals surface area (Å²) in [5.41, 5.74) is 1.44. The number of hydrazine groups is 1. The van der Waals surface area contributed by atoms with E-state index in [1.165, 1.54) is 5.43 Å². The van der Waals surface area contributed by atoms with E-state index in [2.05, 4.69) is 5.84 Å². The van der Waals surface area contributed by atoms with Gasteiger partial charge in [0.1, 0.15) is 0 Å². The molecule has 0 aliphatic carbocycles. The molecule has 0 aromatic rings. The highest BCUT2D eigenvalue weighted by Crippen LogP contribution is 1.42. The smallest absolute Gasteiger partial charge is 0.418 e. The van der Waals surface area contributed by atoms with Crippen molar-refractivity contribution in [3.8, 4) is 0 Å². The van der Waals surface area contributed by atoms with E-state index < -0.39 is 6.09 Å². The molecule has 0 heterocycles. The fourth-order valence-electron chi connectivity index (χ4n) is 0. The maximum absolute atomic E-state index is 9.13. The van der Waals surface area contributed by atoms with Crippen molar-refractivity contribution < 1.29 is 15.4 Å². The zero-order valence-corrected chi connectivity index (χ0v) is 3.64. The van der Waals surface area contributed by atoms with Crippen molar-refractivity contribution in [3.05, 3.63) is 0 Å². The molecule has 0 fully saturated rings. The molecule has 0 radical (unpaired) electrons. The van der Waals surface area contributed by atoms with Gasteiger partial charge in [-0.1, -0.05) is 0 Å². The molecule has 0 rings (SSSR count). The SMILES string of the molecule is N.NNC(=O)O.O. The van der Waals surface area contributed by atoms with Gasteiger partial charge in [0.05, 0.1) is 0 Å². The van der Waals surface area contributed by atoms with Crippen LogP contribution in [-0.4, -0.2) is 16.7 Å². The van der Waals surface area contributed by atoms with E-state index in [0.29, 0.717) is 0 Å². The molecule has 46 valence electrons. The van der Waals surface area contributed by atoms with Gasteiger partial charge in [-0.2, -0.15) is 0 Å². The third-order valence-electron chi connectivity index (χ3n) is 0.123. The summed E-state index contributed by atoms with van der Waals surface area (Å²) in [7, 11) is 0. The second-order valence-electron chi connectivity index (χ2n) is 0.449. The molecule has 0 saturated heterocycles. The Labute approximate surface area is 40.2 Å². The minimum atomic E-state index is -1.22. The first-order chi connectivity index (χ1) is 2.27. The number of nitrogens with one attached hydrogen (secondary N) is 1. The Morgan fingerprint density at radius 2 is 1.86 bits per heavy atom. The zero-order valence-electron chi connectivity index (χ0n) is 3.64. The fourth-order valence-corrected chi connectivity index (χ4v) is 0. The summed E-state index contributed by atoms with van der Waals surface area (Å²) < 4.78 is 0. The summed E-state index contributed by atoms with van der Waals surface area (Å²) in [6, 6.07) is 0. The number of hydrogen-bond acceptors (Lipinski definition) is 3. The Morgan fingerprint density at radius 1 is 1.71 bits per heavy atom. The van der Waals surface area contributed by atoms with Crippen molar-refractivity contribution in [2.45, 2.75) is 0 Å². The lowest BCUT2D eigenvalue weighted by Crippen LogP contribution is -2.27. The van der Waals surface area contributed by atoms with Crippen LogP contribution in [-0.2, 0) is 0 Å². The Hall–Kier alpha value is -0.850. The molecule has 6 heteroatoms. The molecule has 0 spiro atoms. The molecule has 0 atom stereocenters. The predicted molar refractivity (Wildman–Crippen MR) is 24.0 cm³/mol. The predicted octanol–water partition coefficient (Wildman–Crippen LogP) is -1.54. The van der Waals surface area contributed by atoms with Crippen molar-refractivity contribution in [2.75, 3.05) is 0 Å². The second kappa shape index (κ2) is 8.94. The highest BCUT2D eigenvalue weighted by molar-refractivity contribution is 5.63. The van der Waals surface area contributed by atoms with E-state index in [0.717, 1.165) is 0 Å². The monoisotopic (exact) mass is 111 g/mol. The highest BCUT2D eigenvalue weighted by atomic mass is 16.4. The zero-order chi connectivity index (χ0) is 4.28. The fraction of sp³-hybridized carbons (Fsp3) is 0. The molecule has 0 unspecified atom stereocenters. The van der Waals surface area contributed by atoms with Crippen LogP contribution in [0.4, 0.5) is 4.79 Å². The summed E-state index contributed by atoms with van der Waals surface area (Å²) in [6.45, 7) is 0. The van der Waals surface area contributed by atoms with E-state index in [9.17, 15) is 0 Å². The Morgan fingerprint density at radius 3 is 1.86 bits per heavy atom. The van der Waals surface area contributed by atoms with Crippen LogP contribution < -0.4 is 17.4 Å². The number of rotatable bonds is 0. The van der Waals surface area contributed by atoms with Crippen LogP contribution in [0.1, 0.15) is 0 Å². The minimum Gasteiger partial charge on any atom is -0.464 e. The molecule has 0 aromatic heterocycles. The number of carboxylic acid groups (broad SMARTS) is 1. The Kier molecular flexibility index (Phi) is 21.0. The van der Waals surface area contributed by atoms with Gasteiger partial charge in [-0.05, 0) is 0 Å². The second-order valence-corrected chi connectivity index (χ2v) is 0.449. The van der Waals surface area contributed by atoms with Crippen molar-refractivity contribution in [1.29, 1.82) is 0 Å². The lowest BCUT2D eigenvalue weighted by molar-refractivity contribution is 0.194. The third-order valence-corrected chi connectivity index (χ3v) is 0.123.